The molecule has 0 saturated heterocycles. The van der Waals surface area contributed by atoms with Crippen molar-refractivity contribution < 1.29 is 4.42 Å². The van der Waals surface area contributed by atoms with Crippen molar-refractivity contribution in [3.8, 4) is 78.7 Å². The number of nitrogens with zero attached hydrogens (tertiary/aromatic N) is 3. The Morgan fingerprint density at radius 3 is 1.61 bits per heavy atom. The number of benzene rings is 8. The van der Waals surface area contributed by atoms with E-state index in [0.29, 0.717) is 17.5 Å². The van der Waals surface area contributed by atoms with Gasteiger partial charge in [-0.1, -0.05) is 165 Å². The summed E-state index contributed by atoms with van der Waals surface area (Å²) in [6.07, 6.45) is 6.41. The predicted octanol–water partition coefficient (Wildman–Crippen LogP) is 15.0. The molecule has 4 nitrogen and oxygen atoms in total. The van der Waals surface area contributed by atoms with E-state index in [1.165, 1.54) is 71.0 Å². The van der Waals surface area contributed by atoms with Crippen LogP contribution in [0.4, 0.5) is 0 Å². The third kappa shape index (κ3) is 6.09. The monoisotopic (exact) mass is 783 g/mol. The van der Waals surface area contributed by atoms with Gasteiger partial charge in [-0.15, -0.1) is 0 Å². The fourth-order valence-corrected chi connectivity index (χ4v) is 10.1. The minimum atomic E-state index is 0.158. The van der Waals surface area contributed by atoms with E-state index in [-0.39, 0.29) is 5.41 Å². The molecule has 2 aromatic heterocycles. The summed E-state index contributed by atoms with van der Waals surface area (Å²) in [5.74, 6) is 1.86. The zero-order chi connectivity index (χ0) is 40.3. The van der Waals surface area contributed by atoms with Gasteiger partial charge < -0.3 is 4.42 Å². The molecule has 0 unspecified atom stereocenters. The summed E-state index contributed by atoms with van der Waals surface area (Å²) < 4.78 is 6.17. The van der Waals surface area contributed by atoms with Crippen LogP contribution in [0.2, 0.25) is 0 Å². The van der Waals surface area contributed by atoms with Gasteiger partial charge in [-0.3, -0.25) is 0 Å². The van der Waals surface area contributed by atoms with Gasteiger partial charge in [-0.25, -0.2) is 15.0 Å². The van der Waals surface area contributed by atoms with Crippen LogP contribution in [0.3, 0.4) is 0 Å². The lowest BCUT2D eigenvalue weighted by molar-refractivity contribution is 0.353. The number of furan rings is 1. The Morgan fingerprint density at radius 1 is 0.328 bits per heavy atom. The number of aromatic nitrogens is 3. The zero-order valence-electron chi connectivity index (χ0n) is 33.7. The predicted molar refractivity (Wildman–Crippen MR) is 249 cm³/mol. The Morgan fingerprint density at radius 2 is 0.836 bits per heavy atom. The van der Waals surface area contributed by atoms with Gasteiger partial charge in [0.25, 0.3) is 0 Å². The molecule has 10 aromatic rings. The molecule has 4 heteroatoms. The SMILES string of the molecule is c1ccc(-c2ccc(-c3nc(-c4cccc(-c5cccc(-c6ccc7c(c6)-c6ccccc6C76CCCCC6)c5)c4)nc(-c4ccc5oc6ccccc6c5c4)n3)cc2)cc1. The second-order valence-electron chi connectivity index (χ2n) is 16.7. The highest BCUT2D eigenvalue weighted by Gasteiger charge is 2.43. The summed E-state index contributed by atoms with van der Waals surface area (Å²) in [7, 11) is 0. The third-order valence-electron chi connectivity index (χ3n) is 13.1. The maximum Gasteiger partial charge on any atom is 0.164 e. The largest absolute Gasteiger partial charge is 0.456 e. The molecule has 12 rings (SSSR count). The van der Waals surface area contributed by atoms with Gasteiger partial charge in [0.15, 0.2) is 17.5 Å². The van der Waals surface area contributed by atoms with E-state index in [1.807, 2.05) is 36.4 Å². The summed E-state index contributed by atoms with van der Waals surface area (Å²) in [4.78, 5) is 15.4. The van der Waals surface area contributed by atoms with Gasteiger partial charge in [0, 0.05) is 32.9 Å². The minimum absolute atomic E-state index is 0.158. The summed E-state index contributed by atoms with van der Waals surface area (Å²) in [5.41, 5.74) is 17.5. The Kier molecular flexibility index (Phi) is 8.38. The standard InChI is InChI=1S/C57H41N3O/c1-3-13-37(14-4-1)38-23-25-39(26-24-38)54-58-55(60-56(59-54)45-28-30-53-49(36-45)47-20-6-8-22-52(47)61-53)44-18-12-17-42(34-44)40-15-11-16-41(33-40)43-27-29-51-48(35-43)46-19-5-7-21-50(46)57(51)31-9-2-10-32-57/h1,3-8,11-30,33-36H,2,9-10,31-32H2. The smallest absolute Gasteiger partial charge is 0.164 e. The highest BCUT2D eigenvalue weighted by Crippen LogP contribution is 2.56. The normalized spacial score (nSPS) is 14.0. The molecule has 0 atom stereocenters. The van der Waals surface area contributed by atoms with Crippen LogP contribution < -0.4 is 0 Å². The number of para-hydroxylation sites is 1. The molecule has 1 saturated carbocycles. The average Bonchev–Trinajstić information content (AvgIpc) is 3.84. The molecule has 2 aliphatic carbocycles. The second-order valence-corrected chi connectivity index (χ2v) is 16.7. The van der Waals surface area contributed by atoms with E-state index in [2.05, 4.69) is 152 Å². The Hall–Kier alpha value is -7.43. The minimum Gasteiger partial charge on any atom is -0.456 e. The van der Waals surface area contributed by atoms with Gasteiger partial charge in [0.05, 0.1) is 0 Å². The first-order valence-corrected chi connectivity index (χ1v) is 21.5. The molecule has 2 heterocycles. The molecule has 0 N–H and O–H groups in total. The van der Waals surface area contributed by atoms with Crippen molar-refractivity contribution in [1.29, 1.82) is 0 Å². The number of hydrogen-bond donors (Lipinski definition) is 0. The van der Waals surface area contributed by atoms with Gasteiger partial charge in [-0.05, 0) is 111 Å². The molecule has 0 aliphatic heterocycles. The van der Waals surface area contributed by atoms with Crippen LogP contribution in [0, 0.1) is 0 Å². The Bertz CT molecular complexity index is 3280. The first kappa shape index (κ1) is 35.5. The fourth-order valence-electron chi connectivity index (χ4n) is 10.1. The molecule has 1 fully saturated rings. The van der Waals surface area contributed by atoms with Crippen LogP contribution in [0.15, 0.2) is 192 Å². The quantitative estimate of drug-likeness (QED) is 0.169. The van der Waals surface area contributed by atoms with Crippen molar-refractivity contribution in [3.05, 3.63) is 199 Å². The van der Waals surface area contributed by atoms with Crippen molar-refractivity contribution >= 4 is 21.9 Å². The van der Waals surface area contributed by atoms with E-state index in [1.54, 1.807) is 0 Å². The summed E-state index contributed by atoms with van der Waals surface area (Å²) >= 11 is 0. The molecule has 2 aliphatic rings. The summed E-state index contributed by atoms with van der Waals surface area (Å²) in [6.45, 7) is 0. The number of rotatable bonds is 6. The van der Waals surface area contributed by atoms with Crippen molar-refractivity contribution in [2.75, 3.05) is 0 Å². The molecule has 290 valence electrons. The molecule has 0 radical (unpaired) electrons. The zero-order valence-corrected chi connectivity index (χ0v) is 33.7. The van der Waals surface area contributed by atoms with Crippen LogP contribution >= 0.6 is 0 Å². The van der Waals surface area contributed by atoms with Gasteiger partial charge in [0.2, 0.25) is 0 Å². The molecular weight excluding hydrogens is 743 g/mol. The van der Waals surface area contributed by atoms with Crippen molar-refractivity contribution in [2.24, 2.45) is 0 Å². The highest BCUT2D eigenvalue weighted by atomic mass is 16.3. The molecule has 61 heavy (non-hydrogen) atoms. The molecule has 1 spiro atoms. The van der Waals surface area contributed by atoms with Crippen molar-refractivity contribution in [3.63, 3.8) is 0 Å². The van der Waals surface area contributed by atoms with E-state index in [4.69, 9.17) is 19.4 Å². The van der Waals surface area contributed by atoms with E-state index >= 15 is 0 Å². The van der Waals surface area contributed by atoms with Gasteiger partial charge >= 0.3 is 0 Å². The first-order valence-electron chi connectivity index (χ1n) is 21.5. The van der Waals surface area contributed by atoms with Crippen molar-refractivity contribution in [1.82, 2.24) is 15.0 Å². The molecular formula is C57H41N3O. The summed E-state index contributed by atoms with van der Waals surface area (Å²) in [5, 5.41) is 2.10. The first-order chi connectivity index (χ1) is 30.2. The second kappa shape index (κ2) is 14.4. The van der Waals surface area contributed by atoms with E-state index in [0.717, 1.165) is 55.3 Å². The maximum atomic E-state index is 6.17. The number of fused-ring (bicyclic) bond motifs is 8. The lowest BCUT2D eigenvalue weighted by Gasteiger charge is -2.36. The Labute approximate surface area is 355 Å². The van der Waals surface area contributed by atoms with Crippen LogP contribution in [-0.2, 0) is 5.41 Å². The Balaban J connectivity index is 0.935. The van der Waals surface area contributed by atoms with Gasteiger partial charge in [0.1, 0.15) is 11.2 Å². The van der Waals surface area contributed by atoms with Crippen molar-refractivity contribution in [2.45, 2.75) is 37.5 Å². The molecule has 0 bridgehead atoms. The summed E-state index contributed by atoms with van der Waals surface area (Å²) in [6, 6.07) is 67.1. The fraction of sp³-hybridized carbons (Fsp3) is 0.105. The van der Waals surface area contributed by atoms with E-state index < -0.39 is 0 Å². The lowest BCUT2D eigenvalue weighted by atomic mass is 9.68. The van der Waals surface area contributed by atoms with Crippen LogP contribution in [0.1, 0.15) is 43.2 Å². The van der Waals surface area contributed by atoms with Crippen LogP contribution in [-0.4, -0.2) is 15.0 Å². The van der Waals surface area contributed by atoms with E-state index in [9.17, 15) is 0 Å². The highest BCUT2D eigenvalue weighted by molar-refractivity contribution is 6.06. The average molecular weight is 784 g/mol. The topological polar surface area (TPSA) is 51.8 Å². The number of hydrogen-bond acceptors (Lipinski definition) is 4. The molecule has 8 aromatic carbocycles. The third-order valence-corrected chi connectivity index (χ3v) is 13.1. The van der Waals surface area contributed by atoms with Crippen LogP contribution in [0.5, 0.6) is 0 Å². The molecule has 0 amide bonds. The lowest BCUT2D eigenvalue weighted by Crippen LogP contribution is -2.27. The van der Waals surface area contributed by atoms with Crippen LogP contribution in [0.25, 0.3) is 101 Å². The maximum absolute atomic E-state index is 6.17. The van der Waals surface area contributed by atoms with Gasteiger partial charge in [-0.2, -0.15) is 0 Å².